The quantitative estimate of drug-likeness (QED) is 0.816. The predicted octanol–water partition coefficient (Wildman–Crippen LogP) is 3.09. The fourth-order valence-corrected chi connectivity index (χ4v) is 3.74. The Labute approximate surface area is 156 Å². The van der Waals surface area contributed by atoms with E-state index in [1.807, 2.05) is 19.1 Å². The average molecular weight is 368 g/mol. The summed E-state index contributed by atoms with van der Waals surface area (Å²) in [6, 6.07) is 7.12. The van der Waals surface area contributed by atoms with Crippen LogP contribution in [0, 0.1) is 0 Å². The number of thioether (sulfide) groups is 1. The molecule has 0 saturated heterocycles. The Bertz CT molecular complexity index is 879. The van der Waals surface area contributed by atoms with Crippen LogP contribution in [-0.2, 0) is 12.0 Å². The van der Waals surface area contributed by atoms with Gasteiger partial charge in [-0.15, -0.1) is 0 Å². The predicted molar refractivity (Wildman–Crippen MR) is 103 cm³/mol. The molecule has 6 nitrogen and oxygen atoms in total. The number of hydrogen-bond donors (Lipinski definition) is 1. The summed E-state index contributed by atoms with van der Waals surface area (Å²) in [6.45, 7) is 5.99. The maximum absolute atomic E-state index is 12.5. The van der Waals surface area contributed by atoms with Crippen molar-refractivity contribution >= 4 is 22.7 Å². The van der Waals surface area contributed by atoms with Gasteiger partial charge in [0.1, 0.15) is 17.0 Å². The first-order valence-electron chi connectivity index (χ1n) is 8.09. The van der Waals surface area contributed by atoms with Crippen molar-refractivity contribution < 1.29 is 9.53 Å². The number of nitrogens with zero attached hydrogens (tertiary/aromatic N) is 3. The van der Waals surface area contributed by atoms with Gasteiger partial charge in [0, 0.05) is 19.0 Å². The van der Waals surface area contributed by atoms with Gasteiger partial charge in [-0.05, 0) is 41.7 Å². The Morgan fingerprint density at radius 3 is 2.85 bits per heavy atom. The molecule has 134 valence electrons. The first-order chi connectivity index (χ1) is 12.4. The molecule has 0 fully saturated rings. The summed E-state index contributed by atoms with van der Waals surface area (Å²) in [5.41, 5.74) is 7.38. The van der Waals surface area contributed by atoms with Crippen molar-refractivity contribution in [2.24, 2.45) is 10.7 Å². The molecule has 2 aromatic heterocycles. The summed E-state index contributed by atoms with van der Waals surface area (Å²) in [5, 5.41) is 0.481. The van der Waals surface area contributed by atoms with Crippen LogP contribution >= 0.6 is 11.8 Å². The summed E-state index contributed by atoms with van der Waals surface area (Å²) in [7, 11) is 1.56. The zero-order valence-electron chi connectivity index (χ0n) is 14.7. The van der Waals surface area contributed by atoms with Gasteiger partial charge < -0.3 is 10.5 Å². The van der Waals surface area contributed by atoms with Gasteiger partial charge in [-0.25, -0.2) is 9.98 Å². The molecule has 1 aliphatic rings. The van der Waals surface area contributed by atoms with Gasteiger partial charge in [-0.1, -0.05) is 18.3 Å². The van der Waals surface area contributed by atoms with E-state index in [-0.39, 0.29) is 12.2 Å². The number of carbonyl (C=O) groups excluding carboxylic acids is 1. The van der Waals surface area contributed by atoms with E-state index in [1.165, 1.54) is 18.0 Å². The highest BCUT2D eigenvalue weighted by atomic mass is 32.2. The number of amidine groups is 1. The van der Waals surface area contributed by atoms with Crippen LogP contribution in [0.15, 0.2) is 53.1 Å². The van der Waals surface area contributed by atoms with Crippen molar-refractivity contribution in [3.05, 3.63) is 65.1 Å². The van der Waals surface area contributed by atoms with Crippen molar-refractivity contribution in [3.63, 3.8) is 0 Å². The fraction of sp³-hybridized carbons (Fsp3) is 0.263. The number of hydrogen-bond acceptors (Lipinski definition) is 7. The van der Waals surface area contributed by atoms with E-state index in [0.29, 0.717) is 23.0 Å². The number of ketones is 1. The Kier molecular flexibility index (Phi) is 5.08. The van der Waals surface area contributed by atoms with Crippen LogP contribution in [0.1, 0.15) is 35.1 Å². The summed E-state index contributed by atoms with van der Waals surface area (Å²) < 4.78 is 5.07. The number of methoxy groups -OCH3 is 1. The van der Waals surface area contributed by atoms with Gasteiger partial charge in [0.25, 0.3) is 0 Å². The zero-order valence-corrected chi connectivity index (χ0v) is 15.5. The van der Waals surface area contributed by atoms with E-state index in [4.69, 9.17) is 10.5 Å². The van der Waals surface area contributed by atoms with Crippen LogP contribution in [0.4, 0.5) is 0 Å². The molecular formula is C19H20N4O2S. The minimum atomic E-state index is -0.566. The van der Waals surface area contributed by atoms with Crippen LogP contribution in [0.3, 0.4) is 0 Å². The van der Waals surface area contributed by atoms with Crippen molar-refractivity contribution in [2.75, 3.05) is 7.11 Å². The molecule has 7 heteroatoms. The lowest BCUT2D eigenvalue weighted by molar-refractivity contribution is 0.0988. The summed E-state index contributed by atoms with van der Waals surface area (Å²) in [4.78, 5) is 26.6. The molecule has 0 amide bonds. The Hall–Kier alpha value is -2.67. The number of rotatable bonds is 5. The molecule has 26 heavy (non-hydrogen) atoms. The summed E-state index contributed by atoms with van der Waals surface area (Å²) >= 11 is 1.39. The lowest BCUT2D eigenvalue weighted by Crippen LogP contribution is -2.28. The molecule has 3 heterocycles. The smallest absolute Gasteiger partial charge is 0.185 e. The number of aromatic nitrogens is 2. The molecular weight excluding hydrogens is 348 g/mol. The summed E-state index contributed by atoms with van der Waals surface area (Å²) in [6.07, 6.45) is 4.12. The lowest BCUT2D eigenvalue weighted by Gasteiger charge is -2.30. The van der Waals surface area contributed by atoms with Crippen molar-refractivity contribution in [1.29, 1.82) is 0 Å². The van der Waals surface area contributed by atoms with E-state index < -0.39 is 5.54 Å². The minimum Gasteiger partial charge on any atom is -0.495 e. The Morgan fingerprint density at radius 2 is 2.19 bits per heavy atom. The maximum atomic E-state index is 12.5. The molecule has 0 bridgehead atoms. The van der Waals surface area contributed by atoms with Crippen molar-refractivity contribution in [3.8, 4) is 5.75 Å². The number of pyridine rings is 2. The zero-order chi connectivity index (χ0) is 18.7. The van der Waals surface area contributed by atoms with Gasteiger partial charge in [-0.2, -0.15) is 0 Å². The molecule has 1 aliphatic heterocycles. The molecule has 0 spiro atoms. The third kappa shape index (κ3) is 3.94. The van der Waals surface area contributed by atoms with E-state index in [9.17, 15) is 4.79 Å². The highest BCUT2D eigenvalue weighted by molar-refractivity contribution is 8.17. The molecule has 0 aliphatic carbocycles. The van der Waals surface area contributed by atoms with Gasteiger partial charge >= 0.3 is 0 Å². The number of carbonyl (C=O) groups is 1. The second-order valence-corrected chi connectivity index (χ2v) is 7.47. The van der Waals surface area contributed by atoms with Crippen LogP contribution < -0.4 is 10.5 Å². The number of Topliss-reactive ketones (excluding diaryl/α,β-unsaturated/α-hetero) is 1. The van der Waals surface area contributed by atoms with E-state index in [1.54, 1.807) is 25.4 Å². The molecule has 3 rings (SSSR count). The number of nitrogens with two attached hydrogens (primary N) is 1. The highest BCUT2D eigenvalue weighted by Crippen LogP contribution is 2.39. The minimum absolute atomic E-state index is 0.0680. The molecule has 0 unspecified atom stereocenters. The average Bonchev–Trinajstić information content (AvgIpc) is 2.61. The van der Waals surface area contributed by atoms with Gasteiger partial charge in [0.2, 0.25) is 0 Å². The van der Waals surface area contributed by atoms with Crippen LogP contribution in [-0.4, -0.2) is 28.0 Å². The van der Waals surface area contributed by atoms with Crippen molar-refractivity contribution in [1.82, 2.24) is 9.97 Å². The second kappa shape index (κ2) is 7.29. The molecule has 0 saturated carbocycles. The van der Waals surface area contributed by atoms with Crippen molar-refractivity contribution in [2.45, 2.75) is 25.3 Å². The van der Waals surface area contributed by atoms with E-state index in [0.717, 1.165) is 16.2 Å². The number of ether oxygens (including phenoxy) is 1. The van der Waals surface area contributed by atoms with Gasteiger partial charge in [0.05, 0.1) is 19.0 Å². The van der Waals surface area contributed by atoms with E-state index in [2.05, 4.69) is 21.5 Å². The van der Waals surface area contributed by atoms with Crippen LogP contribution in [0.2, 0.25) is 0 Å². The lowest BCUT2D eigenvalue weighted by atomic mass is 9.92. The molecule has 0 aromatic carbocycles. The van der Waals surface area contributed by atoms with Crippen LogP contribution in [0.25, 0.3) is 0 Å². The monoisotopic (exact) mass is 368 g/mol. The van der Waals surface area contributed by atoms with Gasteiger partial charge in [0.15, 0.2) is 11.0 Å². The van der Waals surface area contributed by atoms with Crippen LogP contribution in [0.5, 0.6) is 5.75 Å². The highest BCUT2D eigenvalue weighted by Gasteiger charge is 2.32. The molecule has 1 atom stereocenters. The Morgan fingerprint density at radius 1 is 1.38 bits per heavy atom. The number of aliphatic imine (C=N–C) groups is 1. The van der Waals surface area contributed by atoms with E-state index >= 15 is 0 Å². The van der Waals surface area contributed by atoms with Gasteiger partial charge in [-0.3, -0.25) is 9.78 Å². The summed E-state index contributed by atoms with van der Waals surface area (Å²) in [5.74, 6) is 0.549. The fourth-order valence-electron chi connectivity index (χ4n) is 2.84. The molecule has 2 aromatic rings. The molecule has 0 radical (unpaired) electrons. The topological polar surface area (TPSA) is 90.5 Å². The maximum Gasteiger partial charge on any atom is 0.185 e. The normalized spacial score (nSPS) is 19.8. The third-order valence-electron chi connectivity index (χ3n) is 4.15. The first-order valence-corrected chi connectivity index (χ1v) is 8.91. The Balaban J connectivity index is 1.82. The molecule has 2 N–H and O–H groups in total. The SMILES string of the molecule is C=C1C[C@@](C)(c2cc(CC(=O)c3ccc(OC)cn3)ccn2)N=C(N)S1. The third-order valence-corrected chi connectivity index (χ3v) is 4.88. The first kappa shape index (κ1) is 18.1. The largest absolute Gasteiger partial charge is 0.495 e. The second-order valence-electron chi connectivity index (χ2n) is 6.27. The standard InChI is InChI=1S/C19H20N4O2S/c1-12-10-19(2,23-18(20)26-12)17-9-13(6-7-21-17)8-16(24)15-5-4-14(25-3)11-22-15/h4-7,9,11H,1,8,10H2,2-3H3,(H2,20,23)/t19-/m0/s1.